The van der Waals surface area contributed by atoms with Crippen molar-refractivity contribution in [2.45, 2.75) is 50.9 Å². The average Bonchev–Trinajstić information content (AvgIpc) is 2.45. The lowest BCUT2D eigenvalue weighted by Crippen LogP contribution is -2.55. The van der Waals surface area contributed by atoms with Crippen LogP contribution in [0.4, 0.5) is 13.2 Å². The Morgan fingerprint density at radius 2 is 2.08 bits per heavy atom. The lowest BCUT2D eigenvalue weighted by atomic mass is 9.74. The van der Waals surface area contributed by atoms with Gasteiger partial charge in [0.15, 0.2) is 0 Å². The lowest BCUT2D eigenvalue weighted by Gasteiger charge is -2.39. The van der Waals surface area contributed by atoms with Gasteiger partial charge in [0, 0.05) is 0 Å². The molecule has 2 rings (SSSR count). The Labute approximate surface area is 143 Å². The van der Waals surface area contributed by atoms with E-state index >= 15 is 0 Å². The molecule has 5 nitrogen and oxygen atoms in total. The molecule has 0 aliphatic heterocycles. The Morgan fingerprint density at radius 3 is 2.72 bits per heavy atom. The molecule has 2 unspecified atom stereocenters. The number of hydrogen-bond donors (Lipinski definition) is 2. The molecular weight excluding hydrogens is 339 g/mol. The molecule has 1 fully saturated rings. The maximum absolute atomic E-state index is 12.3. The zero-order chi connectivity index (χ0) is 18.7. The fourth-order valence-corrected chi connectivity index (χ4v) is 3.28. The Kier molecular flexibility index (Phi) is 5.59. The Hall–Kier alpha value is -2.25. The summed E-state index contributed by atoms with van der Waals surface area (Å²) in [6.45, 7) is 1.70. The number of carboxylic acids is 1. The van der Waals surface area contributed by atoms with Crippen LogP contribution in [0.1, 0.15) is 38.2 Å². The maximum atomic E-state index is 12.3. The van der Waals surface area contributed by atoms with Crippen LogP contribution < -0.4 is 10.1 Å². The van der Waals surface area contributed by atoms with Crippen LogP contribution in [0.15, 0.2) is 24.3 Å². The van der Waals surface area contributed by atoms with E-state index in [1.54, 1.807) is 6.92 Å². The number of rotatable bonds is 5. The zero-order valence-electron chi connectivity index (χ0n) is 13.7. The van der Waals surface area contributed by atoms with E-state index in [1.807, 2.05) is 0 Å². The Morgan fingerprint density at radius 1 is 1.36 bits per heavy atom. The van der Waals surface area contributed by atoms with Crippen molar-refractivity contribution in [3.63, 3.8) is 0 Å². The van der Waals surface area contributed by atoms with Gasteiger partial charge >= 0.3 is 12.3 Å². The number of amides is 1. The van der Waals surface area contributed by atoms with Gasteiger partial charge in [-0.3, -0.25) is 9.59 Å². The second-order valence-corrected chi connectivity index (χ2v) is 6.47. The number of carbonyl (C=O) groups excluding carboxylic acids is 1. The molecule has 0 aromatic heterocycles. The van der Waals surface area contributed by atoms with E-state index < -0.39 is 35.4 Å². The molecule has 138 valence electrons. The molecule has 0 spiro atoms. The molecule has 1 aromatic carbocycles. The van der Waals surface area contributed by atoms with Crippen molar-refractivity contribution in [2.75, 3.05) is 0 Å². The first-order chi connectivity index (χ1) is 11.6. The largest absolute Gasteiger partial charge is 0.573 e. The minimum absolute atomic E-state index is 0.156. The third kappa shape index (κ3) is 5.37. The van der Waals surface area contributed by atoms with Crippen molar-refractivity contribution < 1.29 is 32.6 Å². The highest BCUT2D eigenvalue weighted by Gasteiger charge is 2.42. The fourth-order valence-electron chi connectivity index (χ4n) is 3.28. The molecule has 0 bridgehead atoms. The molecule has 1 aliphatic carbocycles. The van der Waals surface area contributed by atoms with Crippen molar-refractivity contribution in [2.24, 2.45) is 5.92 Å². The van der Waals surface area contributed by atoms with E-state index in [9.17, 15) is 27.9 Å². The lowest BCUT2D eigenvalue weighted by molar-refractivity contribution is -0.274. The van der Waals surface area contributed by atoms with Crippen LogP contribution in [-0.4, -0.2) is 28.9 Å². The Balaban J connectivity index is 2.04. The summed E-state index contributed by atoms with van der Waals surface area (Å²) in [6.07, 6.45) is -2.31. The molecule has 1 aromatic rings. The van der Waals surface area contributed by atoms with E-state index in [1.165, 1.54) is 12.1 Å². The standard InChI is InChI=1S/C17H20F3NO4/c1-16(8-3-2-7-13(16)15(23)24)21-14(22)10-11-5-4-6-12(9-11)25-17(18,19)20/h4-6,9,13H,2-3,7-8,10H2,1H3,(H,21,22)(H,23,24). The van der Waals surface area contributed by atoms with E-state index in [0.717, 1.165) is 25.0 Å². The highest BCUT2D eigenvalue weighted by molar-refractivity contribution is 5.81. The topological polar surface area (TPSA) is 75.6 Å². The summed E-state index contributed by atoms with van der Waals surface area (Å²) in [5.74, 6) is -2.46. The molecule has 0 radical (unpaired) electrons. The molecule has 1 aliphatic rings. The first-order valence-electron chi connectivity index (χ1n) is 7.97. The van der Waals surface area contributed by atoms with Gasteiger partial charge < -0.3 is 15.2 Å². The summed E-state index contributed by atoms with van der Waals surface area (Å²) >= 11 is 0. The van der Waals surface area contributed by atoms with Crippen molar-refractivity contribution >= 4 is 11.9 Å². The van der Waals surface area contributed by atoms with Gasteiger partial charge in [-0.2, -0.15) is 0 Å². The molecule has 25 heavy (non-hydrogen) atoms. The van der Waals surface area contributed by atoms with Gasteiger partial charge in [0.05, 0.1) is 17.9 Å². The number of carbonyl (C=O) groups is 2. The summed E-state index contributed by atoms with van der Waals surface area (Å²) in [5.41, 5.74) is -0.508. The van der Waals surface area contributed by atoms with Gasteiger partial charge in [-0.25, -0.2) is 0 Å². The first kappa shape index (κ1) is 19.1. The Bertz CT molecular complexity index is 647. The van der Waals surface area contributed by atoms with E-state index in [4.69, 9.17) is 0 Å². The molecule has 2 atom stereocenters. The van der Waals surface area contributed by atoms with Crippen LogP contribution in [0.3, 0.4) is 0 Å². The van der Waals surface area contributed by atoms with Crippen LogP contribution in [-0.2, 0) is 16.0 Å². The van der Waals surface area contributed by atoms with E-state index in [2.05, 4.69) is 10.1 Å². The maximum Gasteiger partial charge on any atom is 0.573 e. The number of alkyl halides is 3. The average molecular weight is 359 g/mol. The van der Waals surface area contributed by atoms with Crippen LogP contribution in [0.2, 0.25) is 0 Å². The van der Waals surface area contributed by atoms with Gasteiger partial charge in [-0.15, -0.1) is 13.2 Å². The van der Waals surface area contributed by atoms with Crippen molar-refractivity contribution in [1.29, 1.82) is 0 Å². The second kappa shape index (κ2) is 7.33. The highest BCUT2D eigenvalue weighted by atomic mass is 19.4. The van der Waals surface area contributed by atoms with Gasteiger partial charge in [-0.05, 0) is 37.5 Å². The number of halogens is 3. The molecule has 0 saturated heterocycles. The summed E-state index contributed by atoms with van der Waals surface area (Å²) < 4.78 is 40.6. The zero-order valence-corrected chi connectivity index (χ0v) is 13.7. The normalized spacial score (nSPS) is 23.8. The number of aliphatic carboxylic acids is 1. The molecule has 1 saturated carbocycles. The molecular formula is C17H20F3NO4. The van der Waals surface area contributed by atoms with Crippen molar-refractivity contribution in [3.05, 3.63) is 29.8 Å². The number of nitrogens with one attached hydrogen (secondary N) is 1. The van der Waals surface area contributed by atoms with Gasteiger partial charge in [0.1, 0.15) is 5.75 Å². The molecule has 0 heterocycles. The summed E-state index contributed by atoms with van der Waals surface area (Å²) in [4.78, 5) is 23.7. The third-order valence-electron chi connectivity index (χ3n) is 4.43. The third-order valence-corrected chi connectivity index (χ3v) is 4.43. The fraction of sp³-hybridized carbons (Fsp3) is 0.529. The van der Waals surface area contributed by atoms with Gasteiger partial charge in [-0.1, -0.05) is 25.0 Å². The summed E-state index contributed by atoms with van der Waals surface area (Å²) in [6, 6.07) is 5.18. The van der Waals surface area contributed by atoms with Gasteiger partial charge in [0.25, 0.3) is 0 Å². The predicted molar refractivity (Wildman–Crippen MR) is 83.0 cm³/mol. The first-order valence-corrected chi connectivity index (χ1v) is 7.97. The summed E-state index contributed by atoms with van der Waals surface area (Å²) in [7, 11) is 0. The smallest absolute Gasteiger partial charge is 0.481 e. The number of ether oxygens (including phenoxy) is 1. The van der Waals surface area contributed by atoms with E-state index in [0.29, 0.717) is 18.4 Å². The predicted octanol–water partition coefficient (Wildman–Crippen LogP) is 3.28. The van der Waals surface area contributed by atoms with Crippen molar-refractivity contribution in [3.8, 4) is 5.75 Å². The van der Waals surface area contributed by atoms with Crippen LogP contribution in [0.25, 0.3) is 0 Å². The molecule has 1 amide bonds. The van der Waals surface area contributed by atoms with Crippen molar-refractivity contribution in [1.82, 2.24) is 5.32 Å². The SMILES string of the molecule is CC1(NC(=O)Cc2cccc(OC(F)(F)F)c2)CCCCC1C(=O)O. The number of benzene rings is 1. The number of carboxylic acid groups (broad SMARTS) is 1. The highest BCUT2D eigenvalue weighted by Crippen LogP contribution is 2.34. The number of hydrogen-bond acceptors (Lipinski definition) is 3. The molecule has 8 heteroatoms. The monoisotopic (exact) mass is 359 g/mol. The van der Waals surface area contributed by atoms with Crippen LogP contribution in [0, 0.1) is 5.92 Å². The second-order valence-electron chi connectivity index (χ2n) is 6.47. The van der Waals surface area contributed by atoms with E-state index in [-0.39, 0.29) is 6.42 Å². The van der Waals surface area contributed by atoms with Crippen LogP contribution >= 0.6 is 0 Å². The minimum Gasteiger partial charge on any atom is -0.481 e. The quantitative estimate of drug-likeness (QED) is 0.846. The van der Waals surface area contributed by atoms with Gasteiger partial charge in [0.2, 0.25) is 5.91 Å². The summed E-state index contributed by atoms with van der Waals surface area (Å²) in [5, 5.41) is 12.1. The molecule has 2 N–H and O–H groups in total. The minimum atomic E-state index is -4.80. The van der Waals surface area contributed by atoms with Crippen LogP contribution in [0.5, 0.6) is 5.75 Å².